The third kappa shape index (κ3) is 9.19. The molecule has 0 saturated carbocycles. The van der Waals surface area contributed by atoms with E-state index in [1.165, 1.54) is 45.2 Å². The number of halogens is 2. The van der Waals surface area contributed by atoms with Gasteiger partial charge in [-0.15, -0.1) is 24.8 Å². The number of carbonyl (C=O) groups excluding carboxylic acids is 1. The van der Waals surface area contributed by atoms with Crippen LogP contribution in [-0.4, -0.2) is 50.1 Å². The smallest absolute Gasteiger partial charge is 0.220 e. The molecule has 6 heteroatoms. The van der Waals surface area contributed by atoms with Gasteiger partial charge in [0.05, 0.1) is 0 Å². The molecule has 2 heterocycles. The van der Waals surface area contributed by atoms with Crippen molar-refractivity contribution in [3.05, 3.63) is 0 Å². The van der Waals surface area contributed by atoms with Crippen LogP contribution in [0.15, 0.2) is 0 Å². The maximum Gasteiger partial charge on any atom is 0.220 e. The minimum absolute atomic E-state index is 0. The van der Waals surface area contributed by atoms with Crippen molar-refractivity contribution >= 4 is 30.7 Å². The molecular weight excluding hydrogens is 321 g/mol. The lowest BCUT2D eigenvalue weighted by molar-refractivity contribution is -0.121. The predicted octanol–water partition coefficient (Wildman–Crippen LogP) is 2.60. The first-order chi connectivity index (χ1) is 9.84. The van der Waals surface area contributed by atoms with Gasteiger partial charge in [-0.25, -0.2) is 0 Å². The molecule has 0 unspecified atom stereocenters. The molecule has 0 aromatic heterocycles. The summed E-state index contributed by atoms with van der Waals surface area (Å²) < 4.78 is 0. The van der Waals surface area contributed by atoms with Crippen molar-refractivity contribution < 1.29 is 4.79 Å². The first-order valence-corrected chi connectivity index (χ1v) is 8.54. The summed E-state index contributed by atoms with van der Waals surface area (Å²) in [4.78, 5) is 14.3. The first kappa shape index (κ1) is 22.0. The Morgan fingerprint density at radius 2 is 1.77 bits per heavy atom. The van der Waals surface area contributed by atoms with E-state index >= 15 is 0 Å². The van der Waals surface area contributed by atoms with Crippen LogP contribution in [0.1, 0.15) is 51.4 Å². The number of hydrogen-bond donors (Lipinski definition) is 2. The molecule has 0 aromatic rings. The molecular formula is C16H33Cl2N3O. The van der Waals surface area contributed by atoms with E-state index in [1.807, 2.05) is 0 Å². The minimum Gasteiger partial charge on any atom is -0.356 e. The average molecular weight is 354 g/mol. The van der Waals surface area contributed by atoms with Crippen LogP contribution in [0, 0.1) is 5.92 Å². The fraction of sp³-hybridized carbons (Fsp3) is 0.938. The average Bonchev–Trinajstić information content (AvgIpc) is 2.52. The zero-order valence-corrected chi connectivity index (χ0v) is 15.3. The summed E-state index contributed by atoms with van der Waals surface area (Å²) in [5.74, 6) is 1.01. The SMILES string of the molecule is Cl.Cl.O=C(CCC1CCNCC1)NCCCN1CCCCC1. The molecule has 0 aliphatic carbocycles. The van der Waals surface area contributed by atoms with E-state index in [9.17, 15) is 4.79 Å². The van der Waals surface area contributed by atoms with Crippen LogP contribution < -0.4 is 10.6 Å². The van der Waals surface area contributed by atoms with Gasteiger partial charge in [0, 0.05) is 13.0 Å². The van der Waals surface area contributed by atoms with Gasteiger partial charge in [0.25, 0.3) is 0 Å². The van der Waals surface area contributed by atoms with Crippen LogP contribution in [0.25, 0.3) is 0 Å². The Balaban J connectivity index is 0.00000220. The van der Waals surface area contributed by atoms with Gasteiger partial charge in [-0.2, -0.15) is 0 Å². The molecule has 0 atom stereocenters. The van der Waals surface area contributed by atoms with Crippen molar-refractivity contribution in [3.8, 4) is 0 Å². The van der Waals surface area contributed by atoms with Crippen LogP contribution in [-0.2, 0) is 4.79 Å². The van der Waals surface area contributed by atoms with E-state index in [1.54, 1.807) is 0 Å². The lowest BCUT2D eigenvalue weighted by Gasteiger charge is -2.26. The van der Waals surface area contributed by atoms with Gasteiger partial charge < -0.3 is 15.5 Å². The van der Waals surface area contributed by atoms with E-state index in [0.717, 1.165) is 44.9 Å². The summed E-state index contributed by atoms with van der Waals surface area (Å²) in [5, 5.41) is 6.45. The molecule has 0 aromatic carbocycles. The van der Waals surface area contributed by atoms with E-state index in [2.05, 4.69) is 15.5 Å². The molecule has 2 rings (SSSR count). The molecule has 2 fully saturated rings. The summed E-state index contributed by atoms with van der Waals surface area (Å²) >= 11 is 0. The lowest BCUT2D eigenvalue weighted by atomic mass is 9.93. The van der Waals surface area contributed by atoms with Crippen molar-refractivity contribution in [1.29, 1.82) is 0 Å². The second-order valence-electron chi connectivity index (χ2n) is 6.34. The van der Waals surface area contributed by atoms with Gasteiger partial charge in [0.1, 0.15) is 0 Å². The van der Waals surface area contributed by atoms with Crippen LogP contribution in [0.5, 0.6) is 0 Å². The zero-order valence-electron chi connectivity index (χ0n) is 13.6. The molecule has 132 valence electrons. The van der Waals surface area contributed by atoms with Crippen molar-refractivity contribution in [3.63, 3.8) is 0 Å². The summed E-state index contributed by atoms with van der Waals surface area (Å²) in [6.45, 7) is 6.76. The number of carbonyl (C=O) groups is 1. The normalized spacial score (nSPS) is 19.8. The second kappa shape index (κ2) is 13.4. The molecule has 22 heavy (non-hydrogen) atoms. The minimum atomic E-state index is 0. The number of rotatable bonds is 7. The lowest BCUT2D eigenvalue weighted by Crippen LogP contribution is -2.33. The Bertz CT molecular complexity index is 281. The Morgan fingerprint density at radius 1 is 1.09 bits per heavy atom. The fourth-order valence-electron chi connectivity index (χ4n) is 3.31. The highest BCUT2D eigenvalue weighted by atomic mass is 35.5. The number of nitrogens with zero attached hydrogens (tertiary/aromatic N) is 1. The molecule has 2 aliphatic rings. The Morgan fingerprint density at radius 3 is 2.45 bits per heavy atom. The monoisotopic (exact) mass is 353 g/mol. The highest BCUT2D eigenvalue weighted by molar-refractivity contribution is 5.85. The maximum atomic E-state index is 11.8. The van der Waals surface area contributed by atoms with Crippen LogP contribution in [0.4, 0.5) is 0 Å². The first-order valence-electron chi connectivity index (χ1n) is 8.54. The van der Waals surface area contributed by atoms with Crippen LogP contribution >= 0.6 is 24.8 Å². The van der Waals surface area contributed by atoms with E-state index in [0.29, 0.717) is 6.42 Å². The Kier molecular flexibility index (Phi) is 13.4. The molecule has 0 radical (unpaired) electrons. The fourth-order valence-corrected chi connectivity index (χ4v) is 3.31. The van der Waals surface area contributed by atoms with E-state index < -0.39 is 0 Å². The number of likely N-dealkylation sites (tertiary alicyclic amines) is 1. The highest BCUT2D eigenvalue weighted by Gasteiger charge is 2.14. The Hall–Kier alpha value is -0.0300. The largest absolute Gasteiger partial charge is 0.356 e. The Labute approximate surface area is 148 Å². The quantitative estimate of drug-likeness (QED) is 0.691. The van der Waals surface area contributed by atoms with Crippen molar-refractivity contribution in [2.24, 2.45) is 5.92 Å². The van der Waals surface area contributed by atoms with Crippen LogP contribution in [0.2, 0.25) is 0 Å². The molecule has 0 spiro atoms. The topological polar surface area (TPSA) is 44.4 Å². The molecule has 2 N–H and O–H groups in total. The summed E-state index contributed by atoms with van der Waals surface area (Å²) in [6, 6.07) is 0. The molecule has 4 nitrogen and oxygen atoms in total. The third-order valence-corrected chi connectivity index (χ3v) is 4.66. The maximum absolute atomic E-state index is 11.8. The van der Waals surface area contributed by atoms with Gasteiger partial charge in [0.2, 0.25) is 5.91 Å². The van der Waals surface area contributed by atoms with Crippen molar-refractivity contribution in [2.75, 3.05) is 39.3 Å². The van der Waals surface area contributed by atoms with Crippen molar-refractivity contribution in [2.45, 2.75) is 51.4 Å². The number of amides is 1. The van der Waals surface area contributed by atoms with Gasteiger partial charge in [-0.3, -0.25) is 4.79 Å². The van der Waals surface area contributed by atoms with Crippen LogP contribution in [0.3, 0.4) is 0 Å². The highest BCUT2D eigenvalue weighted by Crippen LogP contribution is 2.17. The molecule has 1 amide bonds. The number of hydrogen-bond acceptors (Lipinski definition) is 3. The molecule has 2 aliphatic heterocycles. The molecule has 0 bridgehead atoms. The summed E-state index contributed by atoms with van der Waals surface area (Å²) in [6.07, 6.45) is 9.45. The second-order valence-corrected chi connectivity index (χ2v) is 6.34. The van der Waals surface area contributed by atoms with Gasteiger partial charge in [0.15, 0.2) is 0 Å². The third-order valence-electron chi connectivity index (χ3n) is 4.66. The van der Waals surface area contributed by atoms with Gasteiger partial charge >= 0.3 is 0 Å². The zero-order chi connectivity index (χ0) is 14.0. The van der Waals surface area contributed by atoms with E-state index in [-0.39, 0.29) is 30.7 Å². The summed E-state index contributed by atoms with van der Waals surface area (Å²) in [5.41, 5.74) is 0. The van der Waals surface area contributed by atoms with Crippen molar-refractivity contribution in [1.82, 2.24) is 15.5 Å². The standard InChI is InChI=1S/C16H31N3O.2ClH/c20-16(6-5-15-7-10-17-11-8-15)18-9-4-14-19-12-2-1-3-13-19;;/h15,17H,1-14H2,(H,18,20);2*1H. The van der Waals surface area contributed by atoms with Gasteiger partial charge in [-0.05, 0) is 77.2 Å². The van der Waals surface area contributed by atoms with Gasteiger partial charge in [-0.1, -0.05) is 6.42 Å². The predicted molar refractivity (Wildman–Crippen MR) is 97.2 cm³/mol. The number of piperidine rings is 2. The number of nitrogens with one attached hydrogen (secondary N) is 2. The summed E-state index contributed by atoms with van der Waals surface area (Å²) in [7, 11) is 0. The molecule has 2 saturated heterocycles. The van der Waals surface area contributed by atoms with E-state index in [4.69, 9.17) is 0 Å².